The standard InChI is InChI=1S/C24H24N2O2/c1-23(2,3)13-7-9-17-15(11-13)19-21(27-17)26-20-16-12-14(24(4,5)6)8-10-18(16)28-22(20)25-19/h7-12H,1-6H3. The second kappa shape index (κ2) is 5.34. The summed E-state index contributed by atoms with van der Waals surface area (Å²) in [5, 5.41) is 1.96. The van der Waals surface area contributed by atoms with Crippen LogP contribution in [0.1, 0.15) is 52.7 Å². The molecule has 2 aromatic carbocycles. The number of fused-ring (bicyclic) bond motifs is 6. The van der Waals surface area contributed by atoms with Crippen molar-refractivity contribution in [1.29, 1.82) is 0 Å². The maximum atomic E-state index is 6.03. The number of hydrogen-bond acceptors (Lipinski definition) is 4. The van der Waals surface area contributed by atoms with Crippen molar-refractivity contribution in [2.75, 3.05) is 0 Å². The van der Waals surface area contributed by atoms with Crippen LogP contribution >= 0.6 is 0 Å². The SMILES string of the molecule is CC(C)(C)c1ccc2oc3nc4c(nc3c2c1)oc1ccc(C(C)(C)C)cc14. The highest BCUT2D eigenvalue weighted by Gasteiger charge is 2.21. The Morgan fingerprint density at radius 3 is 1.36 bits per heavy atom. The number of aromatic nitrogens is 2. The number of rotatable bonds is 0. The first kappa shape index (κ1) is 17.2. The van der Waals surface area contributed by atoms with Crippen LogP contribution in [0.2, 0.25) is 0 Å². The summed E-state index contributed by atoms with van der Waals surface area (Å²) >= 11 is 0. The minimum atomic E-state index is 0.0536. The second-order valence-corrected chi connectivity index (χ2v) is 9.66. The molecule has 3 aromatic heterocycles. The predicted octanol–water partition coefficient (Wildman–Crippen LogP) is 6.87. The Kier molecular flexibility index (Phi) is 3.29. The molecule has 5 aromatic rings. The molecule has 0 spiro atoms. The summed E-state index contributed by atoms with van der Waals surface area (Å²) in [4.78, 5) is 9.59. The number of furan rings is 2. The van der Waals surface area contributed by atoms with Gasteiger partial charge in [-0.3, -0.25) is 0 Å². The molecule has 0 saturated heterocycles. The van der Waals surface area contributed by atoms with Gasteiger partial charge in [-0.15, -0.1) is 0 Å². The van der Waals surface area contributed by atoms with Gasteiger partial charge in [-0.2, -0.15) is 0 Å². The van der Waals surface area contributed by atoms with E-state index in [-0.39, 0.29) is 10.8 Å². The Morgan fingerprint density at radius 2 is 1.00 bits per heavy atom. The minimum Gasteiger partial charge on any atom is -0.436 e. The van der Waals surface area contributed by atoms with E-state index in [1.165, 1.54) is 11.1 Å². The number of benzene rings is 2. The van der Waals surface area contributed by atoms with E-state index < -0.39 is 0 Å². The molecule has 0 atom stereocenters. The second-order valence-electron chi connectivity index (χ2n) is 9.66. The van der Waals surface area contributed by atoms with E-state index in [0.29, 0.717) is 11.4 Å². The Bertz CT molecular complexity index is 1270. The largest absolute Gasteiger partial charge is 0.436 e. The van der Waals surface area contributed by atoms with Crippen molar-refractivity contribution < 1.29 is 8.83 Å². The summed E-state index contributed by atoms with van der Waals surface area (Å²) in [7, 11) is 0. The Balaban J connectivity index is 1.82. The predicted molar refractivity (Wildman–Crippen MR) is 114 cm³/mol. The average molecular weight is 372 g/mol. The Labute approximate surface area is 163 Å². The van der Waals surface area contributed by atoms with Gasteiger partial charge in [0.25, 0.3) is 0 Å². The zero-order valence-electron chi connectivity index (χ0n) is 17.2. The highest BCUT2D eigenvalue weighted by atomic mass is 16.4. The summed E-state index contributed by atoms with van der Waals surface area (Å²) < 4.78 is 12.1. The first-order valence-electron chi connectivity index (χ1n) is 9.69. The molecule has 4 nitrogen and oxygen atoms in total. The summed E-state index contributed by atoms with van der Waals surface area (Å²) in [6, 6.07) is 12.6. The zero-order valence-corrected chi connectivity index (χ0v) is 17.2. The molecule has 0 amide bonds. The Morgan fingerprint density at radius 1 is 0.607 bits per heavy atom. The van der Waals surface area contributed by atoms with Gasteiger partial charge in [0.2, 0.25) is 11.4 Å². The van der Waals surface area contributed by atoms with Crippen LogP contribution in [0.5, 0.6) is 0 Å². The van der Waals surface area contributed by atoms with Crippen LogP contribution in [0.15, 0.2) is 45.2 Å². The topological polar surface area (TPSA) is 52.1 Å². The highest BCUT2D eigenvalue weighted by Crippen LogP contribution is 2.35. The van der Waals surface area contributed by atoms with E-state index in [4.69, 9.17) is 18.8 Å². The molecule has 4 heteroatoms. The highest BCUT2D eigenvalue weighted by molar-refractivity contribution is 6.08. The van der Waals surface area contributed by atoms with Gasteiger partial charge < -0.3 is 8.83 Å². The van der Waals surface area contributed by atoms with Gasteiger partial charge >= 0.3 is 0 Å². The van der Waals surface area contributed by atoms with E-state index in [2.05, 4.69) is 65.8 Å². The van der Waals surface area contributed by atoms with Gasteiger partial charge in [0.1, 0.15) is 22.2 Å². The van der Waals surface area contributed by atoms with Crippen molar-refractivity contribution in [2.24, 2.45) is 0 Å². The molecule has 0 saturated carbocycles. The lowest BCUT2D eigenvalue weighted by atomic mass is 9.86. The average Bonchev–Trinajstić information content (AvgIpc) is 3.14. The summed E-state index contributed by atoms with van der Waals surface area (Å²) in [5.41, 5.74) is 6.80. The summed E-state index contributed by atoms with van der Waals surface area (Å²) in [6.45, 7) is 13.2. The lowest BCUT2D eigenvalue weighted by Crippen LogP contribution is -2.10. The molecule has 5 rings (SSSR count). The first-order valence-corrected chi connectivity index (χ1v) is 9.69. The smallest absolute Gasteiger partial charge is 0.247 e. The monoisotopic (exact) mass is 372 g/mol. The fourth-order valence-electron chi connectivity index (χ4n) is 3.65. The molecule has 0 aliphatic carbocycles. The van der Waals surface area contributed by atoms with Gasteiger partial charge in [-0.1, -0.05) is 53.7 Å². The van der Waals surface area contributed by atoms with Crippen molar-refractivity contribution in [3.05, 3.63) is 47.5 Å². The molecule has 0 radical (unpaired) electrons. The quantitative estimate of drug-likeness (QED) is 0.297. The fourth-order valence-corrected chi connectivity index (χ4v) is 3.65. The lowest BCUT2D eigenvalue weighted by Gasteiger charge is -2.18. The van der Waals surface area contributed by atoms with E-state index in [1.807, 2.05) is 12.1 Å². The van der Waals surface area contributed by atoms with E-state index in [1.54, 1.807) is 0 Å². The van der Waals surface area contributed by atoms with Crippen LogP contribution in [0.4, 0.5) is 0 Å². The Hall–Kier alpha value is -2.88. The van der Waals surface area contributed by atoms with Crippen LogP contribution < -0.4 is 0 Å². The van der Waals surface area contributed by atoms with Crippen molar-refractivity contribution in [1.82, 2.24) is 9.97 Å². The molecule has 0 N–H and O–H groups in total. The summed E-state index contributed by atoms with van der Waals surface area (Å²) in [6.07, 6.45) is 0. The fraction of sp³-hybridized carbons (Fsp3) is 0.333. The normalized spacial score (nSPS) is 13.4. The van der Waals surface area contributed by atoms with Crippen molar-refractivity contribution in [3.63, 3.8) is 0 Å². The van der Waals surface area contributed by atoms with Crippen molar-refractivity contribution in [3.8, 4) is 0 Å². The molecular formula is C24H24N2O2. The molecule has 0 unspecified atom stereocenters. The van der Waals surface area contributed by atoms with Crippen LogP contribution in [0, 0.1) is 0 Å². The maximum Gasteiger partial charge on any atom is 0.247 e. The molecule has 28 heavy (non-hydrogen) atoms. The molecule has 0 fully saturated rings. The van der Waals surface area contributed by atoms with Gasteiger partial charge in [0.05, 0.1) is 0 Å². The van der Waals surface area contributed by atoms with Crippen molar-refractivity contribution in [2.45, 2.75) is 52.4 Å². The van der Waals surface area contributed by atoms with Gasteiger partial charge in [-0.25, -0.2) is 9.97 Å². The van der Waals surface area contributed by atoms with Crippen LogP contribution in [0.3, 0.4) is 0 Å². The number of hydrogen-bond donors (Lipinski definition) is 0. The molecule has 142 valence electrons. The van der Waals surface area contributed by atoms with E-state index in [0.717, 1.165) is 33.0 Å². The van der Waals surface area contributed by atoms with Crippen molar-refractivity contribution >= 4 is 44.4 Å². The third-order valence-electron chi connectivity index (χ3n) is 5.45. The van der Waals surface area contributed by atoms with E-state index >= 15 is 0 Å². The lowest BCUT2D eigenvalue weighted by molar-refractivity contribution is 0.590. The van der Waals surface area contributed by atoms with Gasteiger partial charge in [0, 0.05) is 10.8 Å². The third kappa shape index (κ3) is 2.51. The molecule has 0 aliphatic rings. The van der Waals surface area contributed by atoms with Crippen LogP contribution in [-0.2, 0) is 10.8 Å². The van der Waals surface area contributed by atoms with Crippen LogP contribution in [-0.4, -0.2) is 9.97 Å². The molecule has 0 bridgehead atoms. The molecular weight excluding hydrogens is 348 g/mol. The molecule has 0 aliphatic heterocycles. The first-order chi connectivity index (χ1) is 13.1. The zero-order chi connectivity index (χ0) is 19.8. The van der Waals surface area contributed by atoms with Gasteiger partial charge in [-0.05, 0) is 46.2 Å². The van der Waals surface area contributed by atoms with Crippen LogP contribution in [0.25, 0.3) is 44.4 Å². The summed E-state index contributed by atoms with van der Waals surface area (Å²) in [5.74, 6) is 0. The van der Waals surface area contributed by atoms with Gasteiger partial charge in [0.15, 0.2) is 0 Å². The van der Waals surface area contributed by atoms with E-state index in [9.17, 15) is 0 Å². The number of nitrogens with zero attached hydrogens (tertiary/aromatic N) is 2. The maximum absolute atomic E-state index is 6.03. The molecule has 3 heterocycles. The minimum absolute atomic E-state index is 0.0536. The third-order valence-corrected chi connectivity index (χ3v) is 5.45.